The van der Waals surface area contributed by atoms with Gasteiger partial charge in [-0.3, -0.25) is 4.79 Å². The summed E-state index contributed by atoms with van der Waals surface area (Å²) in [6, 6.07) is 15.4. The Morgan fingerprint density at radius 3 is 2.44 bits per heavy atom. The first-order chi connectivity index (χ1) is 12.1. The van der Waals surface area contributed by atoms with Crippen LogP contribution in [0.3, 0.4) is 0 Å². The van der Waals surface area contributed by atoms with Crippen LogP contribution < -0.4 is 15.0 Å². The Morgan fingerprint density at radius 2 is 1.80 bits per heavy atom. The van der Waals surface area contributed by atoms with Crippen LogP contribution in [0.25, 0.3) is 10.9 Å². The van der Waals surface area contributed by atoms with Crippen molar-refractivity contribution in [1.82, 2.24) is 4.98 Å². The fraction of sp³-hybridized carbons (Fsp3) is 0.250. The minimum atomic E-state index is -0.161. The number of rotatable bonds is 6. The van der Waals surface area contributed by atoms with Gasteiger partial charge in [0, 0.05) is 35.4 Å². The third-order valence-electron chi connectivity index (χ3n) is 4.33. The number of amides is 1. The zero-order valence-corrected chi connectivity index (χ0v) is 14.8. The number of carbonyl (C=O) groups excluding carboxylic acids is 1. The lowest BCUT2D eigenvalue weighted by Gasteiger charge is -2.21. The molecular weight excluding hydrogens is 314 g/mol. The second-order valence-corrected chi connectivity index (χ2v) is 5.81. The maximum atomic E-state index is 12.5. The van der Waals surface area contributed by atoms with Crippen molar-refractivity contribution >= 4 is 28.2 Å². The summed E-state index contributed by atoms with van der Waals surface area (Å²) < 4.78 is 5.22. The molecule has 0 aliphatic rings. The van der Waals surface area contributed by atoms with Crippen LogP contribution in [-0.4, -0.2) is 31.1 Å². The Bertz CT molecular complexity index is 864. The fourth-order valence-electron chi connectivity index (χ4n) is 2.90. The van der Waals surface area contributed by atoms with Crippen molar-refractivity contribution in [3.63, 3.8) is 0 Å². The van der Waals surface area contributed by atoms with E-state index in [0.717, 1.165) is 41.1 Å². The van der Waals surface area contributed by atoms with Crippen LogP contribution in [0.15, 0.2) is 48.5 Å². The van der Waals surface area contributed by atoms with Gasteiger partial charge in [0.1, 0.15) is 11.4 Å². The molecule has 0 saturated heterocycles. The predicted molar refractivity (Wildman–Crippen MR) is 103 cm³/mol. The molecule has 0 atom stereocenters. The molecule has 130 valence electrons. The Kier molecular flexibility index (Phi) is 4.93. The molecule has 5 heteroatoms. The molecule has 2 aromatic carbocycles. The maximum Gasteiger partial charge on any atom is 0.272 e. The lowest BCUT2D eigenvalue weighted by atomic mass is 10.2. The van der Waals surface area contributed by atoms with Crippen LogP contribution >= 0.6 is 0 Å². The Labute approximate surface area is 147 Å². The third kappa shape index (κ3) is 3.60. The van der Waals surface area contributed by atoms with Crippen LogP contribution in [0.1, 0.15) is 24.3 Å². The molecule has 0 aliphatic heterocycles. The van der Waals surface area contributed by atoms with Gasteiger partial charge in [0.2, 0.25) is 0 Å². The average Bonchev–Trinajstić information content (AvgIpc) is 3.07. The van der Waals surface area contributed by atoms with Crippen molar-refractivity contribution in [1.29, 1.82) is 0 Å². The summed E-state index contributed by atoms with van der Waals surface area (Å²) in [6.45, 7) is 6.18. The molecule has 0 spiro atoms. The van der Waals surface area contributed by atoms with E-state index in [0.29, 0.717) is 5.69 Å². The molecule has 1 heterocycles. The van der Waals surface area contributed by atoms with E-state index in [1.807, 2.05) is 48.5 Å². The van der Waals surface area contributed by atoms with Crippen LogP contribution in [0.2, 0.25) is 0 Å². The minimum Gasteiger partial charge on any atom is -0.497 e. The van der Waals surface area contributed by atoms with E-state index in [2.05, 4.69) is 29.0 Å². The smallest absolute Gasteiger partial charge is 0.272 e. The largest absolute Gasteiger partial charge is 0.497 e. The Morgan fingerprint density at radius 1 is 1.08 bits per heavy atom. The first-order valence-electron chi connectivity index (χ1n) is 8.47. The summed E-state index contributed by atoms with van der Waals surface area (Å²) in [5.41, 5.74) is 3.36. The molecule has 25 heavy (non-hydrogen) atoms. The van der Waals surface area contributed by atoms with Gasteiger partial charge < -0.3 is 19.9 Å². The number of H-pyrrole nitrogens is 1. The lowest BCUT2D eigenvalue weighted by molar-refractivity contribution is 0.102. The normalized spacial score (nSPS) is 10.7. The van der Waals surface area contributed by atoms with Crippen LogP contribution in [0.4, 0.5) is 11.4 Å². The molecule has 2 N–H and O–H groups in total. The number of benzene rings is 2. The molecule has 0 bridgehead atoms. The van der Waals surface area contributed by atoms with E-state index in [-0.39, 0.29) is 5.91 Å². The summed E-state index contributed by atoms with van der Waals surface area (Å²) in [7, 11) is 1.63. The van der Waals surface area contributed by atoms with E-state index in [9.17, 15) is 4.79 Å². The van der Waals surface area contributed by atoms with Gasteiger partial charge in [-0.1, -0.05) is 0 Å². The zero-order chi connectivity index (χ0) is 17.8. The Balaban J connectivity index is 1.75. The number of hydrogen-bond acceptors (Lipinski definition) is 3. The molecule has 3 aromatic rings. The van der Waals surface area contributed by atoms with E-state index in [1.165, 1.54) is 0 Å². The van der Waals surface area contributed by atoms with Crippen LogP contribution in [-0.2, 0) is 0 Å². The van der Waals surface area contributed by atoms with Gasteiger partial charge in [-0.15, -0.1) is 0 Å². The number of fused-ring (bicyclic) bond motifs is 1. The van der Waals surface area contributed by atoms with Crippen molar-refractivity contribution in [3.8, 4) is 5.75 Å². The average molecular weight is 337 g/mol. The van der Waals surface area contributed by atoms with E-state index < -0.39 is 0 Å². The summed E-state index contributed by atoms with van der Waals surface area (Å²) in [4.78, 5) is 17.9. The number of aromatic amines is 1. The SMILES string of the molecule is CCN(CC)c1ccc(NC(=O)c2cc3cc(OC)ccc3[nH]2)cc1. The summed E-state index contributed by atoms with van der Waals surface area (Å²) in [5, 5.41) is 3.88. The van der Waals surface area contributed by atoms with Crippen molar-refractivity contribution in [2.75, 3.05) is 30.4 Å². The van der Waals surface area contributed by atoms with Crippen molar-refractivity contribution in [3.05, 3.63) is 54.2 Å². The highest BCUT2D eigenvalue weighted by Crippen LogP contribution is 2.22. The summed E-state index contributed by atoms with van der Waals surface area (Å²) in [5.74, 6) is 0.608. The number of methoxy groups -OCH3 is 1. The molecule has 1 amide bonds. The summed E-state index contributed by atoms with van der Waals surface area (Å²) in [6.07, 6.45) is 0. The number of aromatic nitrogens is 1. The second kappa shape index (κ2) is 7.30. The number of nitrogens with one attached hydrogen (secondary N) is 2. The number of hydrogen-bond donors (Lipinski definition) is 2. The number of nitrogens with zero attached hydrogens (tertiary/aromatic N) is 1. The van der Waals surface area contributed by atoms with Gasteiger partial charge in [-0.2, -0.15) is 0 Å². The lowest BCUT2D eigenvalue weighted by Crippen LogP contribution is -2.21. The minimum absolute atomic E-state index is 0.161. The van der Waals surface area contributed by atoms with Gasteiger partial charge in [0.15, 0.2) is 0 Å². The molecule has 0 radical (unpaired) electrons. The molecule has 1 aromatic heterocycles. The predicted octanol–water partition coefficient (Wildman–Crippen LogP) is 4.28. The van der Waals surface area contributed by atoms with Gasteiger partial charge in [0.05, 0.1) is 7.11 Å². The van der Waals surface area contributed by atoms with Gasteiger partial charge in [0.25, 0.3) is 5.91 Å². The molecule has 3 rings (SSSR count). The van der Waals surface area contributed by atoms with Gasteiger partial charge in [-0.05, 0) is 62.4 Å². The number of carbonyl (C=O) groups is 1. The van der Waals surface area contributed by atoms with E-state index >= 15 is 0 Å². The molecule has 0 fully saturated rings. The zero-order valence-electron chi connectivity index (χ0n) is 14.8. The van der Waals surface area contributed by atoms with Gasteiger partial charge >= 0.3 is 0 Å². The highest BCUT2D eigenvalue weighted by atomic mass is 16.5. The molecule has 0 unspecified atom stereocenters. The third-order valence-corrected chi connectivity index (χ3v) is 4.33. The monoisotopic (exact) mass is 337 g/mol. The first kappa shape index (κ1) is 16.9. The van der Waals surface area contributed by atoms with Gasteiger partial charge in [-0.25, -0.2) is 0 Å². The second-order valence-electron chi connectivity index (χ2n) is 5.81. The quantitative estimate of drug-likeness (QED) is 0.706. The van der Waals surface area contributed by atoms with Crippen LogP contribution in [0.5, 0.6) is 5.75 Å². The fourth-order valence-corrected chi connectivity index (χ4v) is 2.90. The van der Waals surface area contributed by atoms with E-state index in [1.54, 1.807) is 7.11 Å². The van der Waals surface area contributed by atoms with Crippen LogP contribution in [0, 0.1) is 0 Å². The van der Waals surface area contributed by atoms with E-state index in [4.69, 9.17) is 4.74 Å². The highest BCUT2D eigenvalue weighted by Gasteiger charge is 2.11. The number of anilines is 2. The molecular formula is C20H23N3O2. The van der Waals surface area contributed by atoms with Crippen molar-refractivity contribution in [2.24, 2.45) is 0 Å². The number of ether oxygens (including phenoxy) is 1. The first-order valence-corrected chi connectivity index (χ1v) is 8.47. The Hall–Kier alpha value is -2.95. The molecule has 0 aliphatic carbocycles. The standard InChI is InChI=1S/C20H23N3O2/c1-4-23(5-2)16-8-6-15(7-9-16)21-20(24)19-13-14-12-17(25-3)10-11-18(14)22-19/h6-13,22H,4-5H2,1-3H3,(H,21,24). The highest BCUT2D eigenvalue weighted by molar-refractivity contribution is 6.06. The molecule has 5 nitrogen and oxygen atoms in total. The van der Waals surface area contributed by atoms with Crippen molar-refractivity contribution in [2.45, 2.75) is 13.8 Å². The summed E-state index contributed by atoms with van der Waals surface area (Å²) >= 11 is 0. The molecule has 0 saturated carbocycles. The maximum absolute atomic E-state index is 12.5. The van der Waals surface area contributed by atoms with Crippen molar-refractivity contribution < 1.29 is 9.53 Å². The topological polar surface area (TPSA) is 57.4 Å².